The van der Waals surface area contributed by atoms with Crippen molar-refractivity contribution in [2.75, 3.05) is 0 Å². The van der Waals surface area contributed by atoms with Crippen molar-refractivity contribution in [3.8, 4) is 0 Å². The minimum absolute atomic E-state index is 0.0799. The summed E-state index contributed by atoms with van der Waals surface area (Å²) in [6.07, 6.45) is 5.60. The highest BCUT2D eigenvalue weighted by Crippen LogP contribution is 2.23. The number of hydrogen-bond acceptors (Lipinski definition) is 2. The van der Waals surface area contributed by atoms with Gasteiger partial charge < -0.3 is 0 Å². The van der Waals surface area contributed by atoms with Gasteiger partial charge in [-0.3, -0.25) is 11.3 Å². The molecule has 0 aromatic rings. The molecule has 1 unspecified atom stereocenters. The molecular formula is C14H29F3N2. The summed E-state index contributed by atoms with van der Waals surface area (Å²) < 4.78 is 36.2. The Morgan fingerprint density at radius 3 is 1.89 bits per heavy atom. The van der Waals surface area contributed by atoms with Crippen molar-refractivity contribution in [1.82, 2.24) is 5.43 Å². The van der Waals surface area contributed by atoms with Gasteiger partial charge in [-0.25, -0.2) is 0 Å². The molecule has 0 aliphatic heterocycles. The molecule has 0 saturated carbocycles. The number of rotatable bonds is 12. The van der Waals surface area contributed by atoms with E-state index in [0.29, 0.717) is 0 Å². The Morgan fingerprint density at radius 1 is 0.895 bits per heavy atom. The lowest BCUT2D eigenvalue weighted by Gasteiger charge is -2.16. The molecule has 0 amide bonds. The third kappa shape index (κ3) is 13.9. The van der Waals surface area contributed by atoms with E-state index in [1.807, 2.05) is 0 Å². The van der Waals surface area contributed by atoms with Crippen LogP contribution in [0.1, 0.15) is 77.6 Å². The molecule has 0 aromatic heterocycles. The molecule has 2 nitrogen and oxygen atoms in total. The van der Waals surface area contributed by atoms with Crippen molar-refractivity contribution in [1.29, 1.82) is 0 Å². The Morgan fingerprint density at radius 2 is 1.42 bits per heavy atom. The van der Waals surface area contributed by atoms with Gasteiger partial charge in [-0.2, -0.15) is 13.2 Å². The molecule has 0 rings (SSSR count). The first-order valence-electron chi connectivity index (χ1n) is 7.52. The molecule has 0 saturated heterocycles. The van der Waals surface area contributed by atoms with Gasteiger partial charge in [-0.15, -0.1) is 0 Å². The van der Waals surface area contributed by atoms with Crippen molar-refractivity contribution < 1.29 is 13.2 Å². The third-order valence-corrected chi connectivity index (χ3v) is 3.42. The molecule has 0 aliphatic carbocycles. The second-order valence-electron chi connectivity index (χ2n) is 5.28. The van der Waals surface area contributed by atoms with Gasteiger partial charge in [0.25, 0.3) is 0 Å². The Balaban J connectivity index is 3.41. The lowest BCUT2D eigenvalue weighted by atomic mass is 10.0. The van der Waals surface area contributed by atoms with Crippen LogP contribution < -0.4 is 11.3 Å². The molecule has 116 valence electrons. The van der Waals surface area contributed by atoms with Crippen molar-refractivity contribution >= 4 is 0 Å². The van der Waals surface area contributed by atoms with E-state index in [-0.39, 0.29) is 12.5 Å². The number of halogens is 3. The van der Waals surface area contributed by atoms with Gasteiger partial charge in [0.2, 0.25) is 0 Å². The van der Waals surface area contributed by atoms with E-state index >= 15 is 0 Å². The lowest BCUT2D eigenvalue weighted by Crippen LogP contribution is -2.35. The van der Waals surface area contributed by atoms with Crippen LogP contribution >= 0.6 is 0 Å². The maximum Gasteiger partial charge on any atom is 0.389 e. The van der Waals surface area contributed by atoms with Gasteiger partial charge in [-0.1, -0.05) is 58.3 Å². The van der Waals surface area contributed by atoms with Crippen LogP contribution in [0.15, 0.2) is 0 Å². The first-order valence-corrected chi connectivity index (χ1v) is 7.52. The largest absolute Gasteiger partial charge is 0.389 e. The molecule has 0 heterocycles. The number of nitrogens with two attached hydrogens (primary N) is 1. The van der Waals surface area contributed by atoms with Gasteiger partial charge in [0.1, 0.15) is 0 Å². The lowest BCUT2D eigenvalue weighted by molar-refractivity contribution is -0.136. The molecule has 1 atom stereocenters. The minimum Gasteiger partial charge on any atom is -0.271 e. The van der Waals surface area contributed by atoms with E-state index in [1.54, 1.807) is 0 Å². The Kier molecular flexibility index (Phi) is 11.4. The second kappa shape index (κ2) is 11.5. The van der Waals surface area contributed by atoms with E-state index in [1.165, 1.54) is 38.5 Å². The van der Waals surface area contributed by atoms with E-state index in [4.69, 9.17) is 5.84 Å². The van der Waals surface area contributed by atoms with Gasteiger partial charge in [-0.05, 0) is 12.8 Å². The maximum absolute atomic E-state index is 12.1. The molecule has 0 spiro atoms. The quantitative estimate of drug-likeness (QED) is 0.309. The molecule has 5 heteroatoms. The van der Waals surface area contributed by atoms with E-state index in [2.05, 4.69) is 12.3 Å². The fraction of sp³-hybridized carbons (Fsp3) is 1.00. The van der Waals surface area contributed by atoms with Crippen LogP contribution in [0.5, 0.6) is 0 Å². The van der Waals surface area contributed by atoms with Crippen LogP contribution in [0, 0.1) is 0 Å². The molecule has 0 aromatic carbocycles. The fourth-order valence-electron chi connectivity index (χ4n) is 2.17. The van der Waals surface area contributed by atoms with Crippen LogP contribution in [0.25, 0.3) is 0 Å². The highest BCUT2D eigenvalue weighted by atomic mass is 19.4. The standard InChI is InChI=1S/C14H29F3N2/c1-2-3-4-5-6-7-8-9-10-13(19-18)11-12-14(15,16)17/h13,19H,2-12,18H2,1H3. The second-order valence-corrected chi connectivity index (χ2v) is 5.28. The molecule has 19 heavy (non-hydrogen) atoms. The van der Waals surface area contributed by atoms with Crippen molar-refractivity contribution in [2.24, 2.45) is 5.84 Å². The Hall–Kier alpha value is -0.290. The molecular weight excluding hydrogens is 253 g/mol. The van der Waals surface area contributed by atoms with Gasteiger partial charge >= 0.3 is 6.18 Å². The molecule has 0 fully saturated rings. The summed E-state index contributed by atoms with van der Waals surface area (Å²) in [6, 6.07) is -0.207. The minimum atomic E-state index is -4.08. The van der Waals surface area contributed by atoms with Crippen LogP contribution in [0.3, 0.4) is 0 Å². The summed E-state index contributed by atoms with van der Waals surface area (Å²) in [5.74, 6) is 5.28. The van der Waals surface area contributed by atoms with Gasteiger partial charge in [0, 0.05) is 12.5 Å². The highest BCUT2D eigenvalue weighted by Gasteiger charge is 2.27. The fourth-order valence-corrected chi connectivity index (χ4v) is 2.17. The first-order chi connectivity index (χ1) is 8.99. The number of hydrogen-bond donors (Lipinski definition) is 2. The summed E-state index contributed by atoms with van der Waals surface area (Å²) in [5, 5.41) is 0. The predicted octanol–water partition coefficient (Wildman–Crippen LogP) is 4.69. The SMILES string of the molecule is CCCCCCCCCCC(CCC(F)(F)F)NN. The highest BCUT2D eigenvalue weighted by molar-refractivity contribution is 4.66. The topological polar surface area (TPSA) is 38.0 Å². The van der Waals surface area contributed by atoms with E-state index in [0.717, 1.165) is 19.3 Å². The molecule has 0 aliphatic rings. The van der Waals surface area contributed by atoms with Crippen molar-refractivity contribution in [2.45, 2.75) is 89.8 Å². The number of alkyl halides is 3. The summed E-state index contributed by atoms with van der Waals surface area (Å²) in [7, 11) is 0. The summed E-state index contributed by atoms with van der Waals surface area (Å²) in [4.78, 5) is 0. The average Bonchev–Trinajstić information content (AvgIpc) is 2.35. The van der Waals surface area contributed by atoms with Gasteiger partial charge in [0.15, 0.2) is 0 Å². The van der Waals surface area contributed by atoms with Gasteiger partial charge in [0.05, 0.1) is 0 Å². The Bertz CT molecular complexity index is 196. The predicted molar refractivity (Wildman–Crippen MR) is 73.6 cm³/mol. The Labute approximate surface area is 115 Å². The zero-order valence-electron chi connectivity index (χ0n) is 12.1. The number of nitrogens with one attached hydrogen (secondary N) is 1. The average molecular weight is 282 g/mol. The summed E-state index contributed by atoms with van der Waals surface area (Å²) >= 11 is 0. The third-order valence-electron chi connectivity index (χ3n) is 3.42. The van der Waals surface area contributed by atoms with E-state index in [9.17, 15) is 13.2 Å². The molecule has 0 radical (unpaired) electrons. The number of unbranched alkanes of at least 4 members (excludes halogenated alkanes) is 7. The molecule has 3 N–H and O–H groups in total. The summed E-state index contributed by atoms with van der Waals surface area (Å²) in [5.41, 5.74) is 2.49. The van der Waals surface area contributed by atoms with Crippen molar-refractivity contribution in [3.05, 3.63) is 0 Å². The zero-order chi connectivity index (χ0) is 14.6. The summed E-state index contributed by atoms with van der Waals surface area (Å²) in [6.45, 7) is 2.20. The van der Waals surface area contributed by atoms with Crippen LogP contribution in [0.4, 0.5) is 13.2 Å². The monoisotopic (exact) mass is 282 g/mol. The van der Waals surface area contributed by atoms with Crippen molar-refractivity contribution in [3.63, 3.8) is 0 Å². The first kappa shape index (κ1) is 18.7. The number of hydrazine groups is 1. The van der Waals surface area contributed by atoms with Crippen LogP contribution in [-0.4, -0.2) is 12.2 Å². The van der Waals surface area contributed by atoms with E-state index < -0.39 is 12.6 Å². The maximum atomic E-state index is 12.1. The molecule has 0 bridgehead atoms. The van der Waals surface area contributed by atoms with Crippen LogP contribution in [-0.2, 0) is 0 Å². The zero-order valence-corrected chi connectivity index (χ0v) is 12.1. The van der Waals surface area contributed by atoms with Crippen LogP contribution in [0.2, 0.25) is 0 Å². The normalized spacial score (nSPS) is 13.7. The smallest absolute Gasteiger partial charge is 0.271 e.